The van der Waals surface area contributed by atoms with E-state index in [0.29, 0.717) is 0 Å². The SMILES string of the molecule is Cc1cc(-n2ncc(C)c2C)nc(-n2ncc(C)c2C)c1C.Cc1cc(-n2ncc(C)c2C)nc(-n2ncc(C)c2C)c1C.Cc1cc(-n2ncc(C)c2C)nc(-n2ncc(C)c2C)c1C.Cc1cc(-n2ncc(C)c2C)nc(-n2ncc(C)c2C)c1C.[Co+2].[Co+3]. The Morgan fingerprint density at radius 3 is 0.456 bits per heavy atom. The van der Waals surface area contributed by atoms with Gasteiger partial charge in [0.1, 0.15) is 0 Å². The molecule has 0 saturated heterocycles. The van der Waals surface area contributed by atoms with Crippen LogP contribution in [0.15, 0.2) is 73.8 Å². The van der Waals surface area contributed by atoms with Gasteiger partial charge in [-0.15, -0.1) is 0 Å². The summed E-state index contributed by atoms with van der Waals surface area (Å²) in [6, 6.07) is 8.29. The van der Waals surface area contributed by atoms with Crippen LogP contribution in [0.4, 0.5) is 0 Å². The number of nitrogens with zero attached hydrogens (tertiary/aromatic N) is 20. The maximum atomic E-state index is 4.82. The fraction of sp³-hybridized carbons (Fsp3) is 0.353. The molecule has 12 rings (SSSR count). The van der Waals surface area contributed by atoms with E-state index in [0.717, 1.165) is 159 Å². The van der Waals surface area contributed by atoms with E-state index in [1.54, 1.807) is 0 Å². The third kappa shape index (κ3) is 13.3. The van der Waals surface area contributed by atoms with Crippen molar-refractivity contribution in [3.63, 3.8) is 0 Å². The van der Waals surface area contributed by atoms with Crippen LogP contribution in [0.5, 0.6) is 0 Å². The van der Waals surface area contributed by atoms with Gasteiger partial charge in [0.2, 0.25) is 0 Å². The minimum atomic E-state index is 0. The molecule has 12 heterocycles. The van der Waals surface area contributed by atoms with Crippen LogP contribution in [0, 0.1) is 166 Å². The standard InChI is InChI=1S/4C17H21N5.2Co/c4*1-10-7-16(21-14(5)11(2)8-18-21)20-17(13(10)4)22-15(6)12(3)9-19-22;;/h4*7-9H,1-6H3;;/q;;;;+2;+3. The van der Waals surface area contributed by atoms with E-state index in [4.69, 9.17) is 19.9 Å². The van der Waals surface area contributed by atoms with E-state index in [9.17, 15) is 0 Å². The van der Waals surface area contributed by atoms with E-state index in [1.807, 2.05) is 87.0 Å². The van der Waals surface area contributed by atoms with Gasteiger partial charge in [-0.1, -0.05) is 0 Å². The molecular weight excluding hydrogens is 1210 g/mol. The first-order valence-electron chi connectivity index (χ1n) is 29.7. The molecule has 1 radical (unpaired) electrons. The molecule has 0 aliphatic heterocycles. The van der Waals surface area contributed by atoms with Crippen molar-refractivity contribution in [1.82, 2.24) is 98.2 Å². The minimum absolute atomic E-state index is 0. The first-order chi connectivity index (χ1) is 41.6. The number of aromatic nitrogens is 20. The minimum Gasteiger partial charge on any atom is -0.219 e. The molecule has 0 spiro atoms. The maximum Gasteiger partial charge on any atom is 3.00 e. The van der Waals surface area contributed by atoms with Crippen molar-refractivity contribution in [2.45, 2.75) is 166 Å². The number of hydrogen-bond acceptors (Lipinski definition) is 12. The fourth-order valence-electron chi connectivity index (χ4n) is 9.78. The summed E-state index contributed by atoms with van der Waals surface area (Å²) in [5, 5.41) is 35.7. The molecule has 0 amide bonds. The molecule has 90 heavy (non-hydrogen) atoms. The molecule has 22 heteroatoms. The van der Waals surface area contributed by atoms with Crippen molar-refractivity contribution < 1.29 is 33.6 Å². The average Bonchev–Trinajstić information content (AvgIpc) is 1.64. The molecule has 0 fully saturated rings. The average molecular weight is 1300 g/mol. The molecular formula is C68H84Co2N20+5. The molecule has 0 atom stereocenters. The van der Waals surface area contributed by atoms with Gasteiger partial charge in [0.05, 0.1) is 49.6 Å². The summed E-state index contributed by atoms with van der Waals surface area (Å²) in [6.07, 6.45) is 15.0. The third-order valence-corrected chi connectivity index (χ3v) is 17.7. The van der Waals surface area contributed by atoms with Crippen LogP contribution in [-0.2, 0) is 33.6 Å². The number of pyridine rings is 4. The summed E-state index contributed by atoms with van der Waals surface area (Å²) < 4.78 is 15.2. The molecule has 0 aromatic carbocycles. The number of hydrogen-bond donors (Lipinski definition) is 0. The number of aryl methyl sites for hydroxylation is 12. The van der Waals surface area contributed by atoms with E-state index < -0.39 is 0 Å². The molecule has 0 aliphatic carbocycles. The summed E-state index contributed by atoms with van der Waals surface area (Å²) in [7, 11) is 0. The van der Waals surface area contributed by atoms with Crippen LogP contribution in [0.2, 0.25) is 0 Å². The maximum absolute atomic E-state index is 4.82. The van der Waals surface area contributed by atoms with Gasteiger partial charge >= 0.3 is 33.6 Å². The van der Waals surface area contributed by atoms with E-state index in [-0.39, 0.29) is 33.6 Å². The summed E-state index contributed by atoms with van der Waals surface area (Å²) in [6.45, 7) is 49.7. The Bertz CT molecular complexity index is 4010. The molecule has 0 N–H and O–H groups in total. The second-order valence-corrected chi connectivity index (χ2v) is 23.6. The normalized spacial score (nSPS) is 10.9. The van der Waals surface area contributed by atoms with Gasteiger partial charge in [-0.25, -0.2) is 57.4 Å². The molecule has 12 aromatic heterocycles. The molecule has 0 aliphatic rings. The fourth-order valence-corrected chi connectivity index (χ4v) is 9.78. The third-order valence-electron chi connectivity index (χ3n) is 17.7. The van der Waals surface area contributed by atoms with Crippen LogP contribution in [0.1, 0.15) is 135 Å². The predicted molar refractivity (Wildman–Crippen MR) is 348 cm³/mol. The van der Waals surface area contributed by atoms with Crippen molar-refractivity contribution in [1.29, 1.82) is 0 Å². The Morgan fingerprint density at radius 2 is 0.333 bits per heavy atom. The smallest absolute Gasteiger partial charge is 0.219 e. The van der Waals surface area contributed by atoms with Gasteiger partial charge < -0.3 is 0 Å². The van der Waals surface area contributed by atoms with Gasteiger partial charge in [-0.05, 0) is 279 Å². The molecule has 20 nitrogen and oxygen atoms in total. The summed E-state index contributed by atoms with van der Waals surface area (Å²) in [5.74, 6) is 6.79. The summed E-state index contributed by atoms with van der Waals surface area (Å²) >= 11 is 0. The Hall–Kier alpha value is -8.71. The second-order valence-electron chi connectivity index (χ2n) is 23.6. The molecule has 0 saturated carbocycles. The first-order valence-corrected chi connectivity index (χ1v) is 29.7. The van der Waals surface area contributed by atoms with Gasteiger partial charge in [0, 0.05) is 45.6 Å². The zero-order valence-corrected chi connectivity index (χ0v) is 58.6. The Balaban J connectivity index is 0.000000169. The topological polar surface area (TPSA) is 194 Å². The first kappa shape index (κ1) is 68.8. The Kier molecular flexibility index (Phi) is 21.1. The van der Waals surface area contributed by atoms with Gasteiger partial charge in [-0.2, -0.15) is 40.8 Å². The van der Waals surface area contributed by atoms with Gasteiger partial charge in [0.25, 0.3) is 0 Å². The van der Waals surface area contributed by atoms with Crippen LogP contribution in [0.25, 0.3) is 46.5 Å². The zero-order chi connectivity index (χ0) is 64.1. The van der Waals surface area contributed by atoms with E-state index >= 15 is 0 Å². The van der Waals surface area contributed by atoms with Crippen molar-refractivity contribution in [2.24, 2.45) is 0 Å². The number of rotatable bonds is 8. The Morgan fingerprint density at radius 1 is 0.200 bits per heavy atom. The largest absolute Gasteiger partial charge is 3.00 e. The summed E-state index contributed by atoms with van der Waals surface area (Å²) in [4.78, 5) is 19.3. The second kappa shape index (κ2) is 27.6. The Labute approximate surface area is 549 Å². The van der Waals surface area contributed by atoms with Crippen molar-refractivity contribution in [3.8, 4) is 46.5 Å². The van der Waals surface area contributed by atoms with E-state index in [1.165, 1.54) is 22.3 Å². The predicted octanol–water partition coefficient (Wildman–Crippen LogP) is 13.2. The van der Waals surface area contributed by atoms with Crippen molar-refractivity contribution in [3.05, 3.63) is 208 Å². The quantitative estimate of drug-likeness (QED) is 0.140. The van der Waals surface area contributed by atoms with Crippen molar-refractivity contribution in [2.75, 3.05) is 0 Å². The van der Waals surface area contributed by atoms with Crippen LogP contribution in [-0.4, -0.2) is 98.2 Å². The molecule has 0 unspecified atom stereocenters. The molecule has 0 bridgehead atoms. The van der Waals surface area contributed by atoms with E-state index in [2.05, 4.69) is 231 Å². The van der Waals surface area contributed by atoms with Crippen LogP contribution in [0.3, 0.4) is 0 Å². The van der Waals surface area contributed by atoms with Crippen LogP contribution >= 0.6 is 0 Å². The van der Waals surface area contributed by atoms with Crippen molar-refractivity contribution >= 4 is 0 Å². The molecule has 12 aromatic rings. The monoisotopic (exact) mass is 1300 g/mol. The van der Waals surface area contributed by atoms with Gasteiger partial charge in [0.15, 0.2) is 46.5 Å². The zero-order valence-electron chi connectivity index (χ0n) is 56.5. The summed E-state index contributed by atoms with van der Waals surface area (Å²) in [5.41, 5.74) is 27.4. The molecule has 469 valence electrons. The van der Waals surface area contributed by atoms with Gasteiger partial charge in [-0.3, -0.25) is 0 Å². The van der Waals surface area contributed by atoms with Crippen LogP contribution < -0.4 is 0 Å².